The van der Waals surface area contributed by atoms with Crippen LogP contribution >= 0.6 is 15.9 Å². The molecule has 124 valence electrons. The minimum absolute atomic E-state index is 0.339. The molecule has 0 amide bonds. The molecule has 24 heavy (non-hydrogen) atoms. The summed E-state index contributed by atoms with van der Waals surface area (Å²) in [5, 5.41) is 9.68. The first-order valence-electron chi connectivity index (χ1n) is 7.60. The summed E-state index contributed by atoms with van der Waals surface area (Å²) in [5.41, 5.74) is 3.40. The number of aromatic nitrogens is 4. The highest BCUT2D eigenvalue weighted by molar-refractivity contribution is 9.10. The van der Waals surface area contributed by atoms with Crippen molar-refractivity contribution in [3.8, 4) is 11.4 Å². The van der Waals surface area contributed by atoms with Crippen LogP contribution in [0.15, 0.2) is 45.7 Å². The SMILES string of the molecule is CCc1cc(OCc2c(C)cccc2-n2nn[nH]c2=O)ccc1Br. The molecule has 0 aliphatic carbocycles. The summed E-state index contributed by atoms with van der Waals surface area (Å²) in [6.45, 7) is 4.42. The zero-order valence-electron chi connectivity index (χ0n) is 13.4. The predicted molar refractivity (Wildman–Crippen MR) is 94.6 cm³/mol. The quantitative estimate of drug-likeness (QED) is 0.728. The van der Waals surface area contributed by atoms with E-state index in [1.807, 2.05) is 43.3 Å². The topological polar surface area (TPSA) is 72.8 Å². The van der Waals surface area contributed by atoms with Crippen molar-refractivity contribution in [2.24, 2.45) is 0 Å². The first kappa shape index (κ1) is 16.4. The zero-order valence-corrected chi connectivity index (χ0v) is 15.0. The van der Waals surface area contributed by atoms with Crippen LogP contribution < -0.4 is 10.4 Å². The van der Waals surface area contributed by atoms with E-state index in [0.29, 0.717) is 12.3 Å². The summed E-state index contributed by atoms with van der Waals surface area (Å²) in [6.07, 6.45) is 0.918. The van der Waals surface area contributed by atoms with Crippen molar-refractivity contribution in [3.63, 3.8) is 0 Å². The molecule has 7 heteroatoms. The van der Waals surface area contributed by atoms with Crippen LogP contribution in [0.5, 0.6) is 5.75 Å². The highest BCUT2D eigenvalue weighted by atomic mass is 79.9. The van der Waals surface area contributed by atoms with Crippen LogP contribution in [0.1, 0.15) is 23.6 Å². The minimum Gasteiger partial charge on any atom is -0.489 e. The second-order valence-corrected chi connectivity index (χ2v) is 6.24. The van der Waals surface area contributed by atoms with E-state index in [0.717, 1.165) is 27.8 Å². The smallest absolute Gasteiger partial charge is 0.365 e. The highest BCUT2D eigenvalue weighted by Gasteiger charge is 2.12. The van der Waals surface area contributed by atoms with E-state index in [1.165, 1.54) is 10.2 Å². The fourth-order valence-electron chi connectivity index (χ4n) is 2.50. The summed E-state index contributed by atoms with van der Waals surface area (Å²) in [6, 6.07) is 11.6. The lowest BCUT2D eigenvalue weighted by Gasteiger charge is -2.13. The molecule has 0 bridgehead atoms. The van der Waals surface area contributed by atoms with Crippen molar-refractivity contribution >= 4 is 15.9 Å². The number of H-pyrrole nitrogens is 1. The second kappa shape index (κ2) is 7.00. The number of tetrazole rings is 1. The van der Waals surface area contributed by atoms with Crippen molar-refractivity contribution in [2.75, 3.05) is 0 Å². The molecule has 0 aliphatic rings. The van der Waals surface area contributed by atoms with Crippen molar-refractivity contribution in [1.29, 1.82) is 0 Å². The van der Waals surface area contributed by atoms with Crippen LogP contribution in [0.3, 0.4) is 0 Å². The fraction of sp³-hybridized carbons (Fsp3) is 0.235. The molecular formula is C17H17BrN4O2. The Bertz CT molecular complexity index is 917. The summed E-state index contributed by atoms with van der Waals surface area (Å²) < 4.78 is 8.27. The van der Waals surface area contributed by atoms with Crippen LogP contribution in [0.4, 0.5) is 0 Å². The van der Waals surface area contributed by atoms with Crippen LogP contribution in [0.25, 0.3) is 5.69 Å². The van der Waals surface area contributed by atoms with Crippen LogP contribution in [-0.4, -0.2) is 20.2 Å². The van der Waals surface area contributed by atoms with Gasteiger partial charge in [0.25, 0.3) is 0 Å². The number of hydrogen-bond acceptors (Lipinski definition) is 4. The van der Waals surface area contributed by atoms with E-state index in [9.17, 15) is 4.79 Å². The Morgan fingerprint density at radius 2 is 2.12 bits per heavy atom. The number of hydrogen-bond donors (Lipinski definition) is 1. The molecule has 1 N–H and O–H groups in total. The van der Waals surface area contributed by atoms with E-state index in [-0.39, 0.29) is 5.69 Å². The van der Waals surface area contributed by atoms with Crippen LogP contribution in [0, 0.1) is 6.92 Å². The lowest BCUT2D eigenvalue weighted by atomic mass is 10.1. The number of ether oxygens (including phenoxy) is 1. The highest BCUT2D eigenvalue weighted by Crippen LogP contribution is 2.25. The van der Waals surface area contributed by atoms with Crippen molar-refractivity contribution in [1.82, 2.24) is 20.2 Å². The third-order valence-corrected chi connectivity index (χ3v) is 4.64. The molecule has 0 unspecified atom stereocenters. The number of rotatable bonds is 5. The first-order chi connectivity index (χ1) is 11.6. The van der Waals surface area contributed by atoms with E-state index in [1.54, 1.807) is 0 Å². The Labute approximate surface area is 147 Å². The average molecular weight is 389 g/mol. The van der Waals surface area contributed by atoms with Crippen molar-refractivity contribution in [3.05, 3.63) is 68.0 Å². The molecule has 0 saturated heterocycles. The lowest BCUT2D eigenvalue weighted by Crippen LogP contribution is -2.18. The standard InChI is InChI=1S/C17H17BrN4O2/c1-3-12-9-13(7-8-15(12)18)24-10-14-11(2)5-4-6-16(14)22-17(23)19-20-21-22/h4-9H,3,10H2,1-2H3,(H,19,21,23). The fourth-order valence-corrected chi connectivity index (χ4v) is 3.02. The Hall–Kier alpha value is -2.41. The summed E-state index contributed by atoms with van der Waals surface area (Å²) >= 11 is 3.53. The van der Waals surface area contributed by atoms with Gasteiger partial charge in [0, 0.05) is 10.0 Å². The summed E-state index contributed by atoms with van der Waals surface area (Å²) in [5.74, 6) is 0.789. The van der Waals surface area contributed by atoms with E-state index < -0.39 is 0 Å². The summed E-state index contributed by atoms with van der Waals surface area (Å²) in [4.78, 5) is 11.8. The molecule has 0 saturated carbocycles. The van der Waals surface area contributed by atoms with E-state index in [4.69, 9.17) is 4.74 Å². The van der Waals surface area contributed by atoms with Gasteiger partial charge >= 0.3 is 5.69 Å². The van der Waals surface area contributed by atoms with Gasteiger partial charge in [-0.25, -0.2) is 9.89 Å². The van der Waals surface area contributed by atoms with Gasteiger partial charge in [-0.1, -0.05) is 35.0 Å². The zero-order chi connectivity index (χ0) is 17.1. The van der Waals surface area contributed by atoms with Crippen molar-refractivity contribution < 1.29 is 4.74 Å². The van der Waals surface area contributed by atoms with Gasteiger partial charge in [-0.3, -0.25) is 0 Å². The molecule has 2 aromatic carbocycles. The molecule has 0 atom stereocenters. The molecule has 3 rings (SSSR count). The minimum atomic E-state index is -0.376. The van der Waals surface area contributed by atoms with Gasteiger partial charge in [-0.2, -0.15) is 4.68 Å². The van der Waals surface area contributed by atoms with E-state index in [2.05, 4.69) is 38.4 Å². The van der Waals surface area contributed by atoms with Gasteiger partial charge in [-0.15, -0.1) is 0 Å². The molecule has 0 spiro atoms. The Morgan fingerprint density at radius 1 is 1.29 bits per heavy atom. The van der Waals surface area contributed by atoms with Crippen LogP contribution in [0.2, 0.25) is 0 Å². The number of aryl methyl sites for hydroxylation is 2. The van der Waals surface area contributed by atoms with Gasteiger partial charge in [0.15, 0.2) is 0 Å². The Morgan fingerprint density at radius 3 is 2.83 bits per heavy atom. The van der Waals surface area contributed by atoms with Crippen LogP contribution in [-0.2, 0) is 13.0 Å². The third-order valence-electron chi connectivity index (χ3n) is 3.87. The molecule has 1 heterocycles. The molecular weight excluding hydrogens is 372 g/mol. The Balaban J connectivity index is 1.91. The maximum absolute atomic E-state index is 11.8. The van der Waals surface area contributed by atoms with E-state index >= 15 is 0 Å². The Kier molecular flexibility index (Phi) is 4.80. The van der Waals surface area contributed by atoms with Gasteiger partial charge < -0.3 is 4.74 Å². The first-order valence-corrected chi connectivity index (χ1v) is 8.40. The summed E-state index contributed by atoms with van der Waals surface area (Å²) in [7, 11) is 0. The third kappa shape index (κ3) is 3.26. The second-order valence-electron chi connectivity index (χ2n) is 5.39. The monoisotopic (exact) mass is 388 g/mol. The van der Waals surface area contributed by atoms with Gasteiger partial charge in [0.1, 0.15) is 12.4 Å². The normalized spacial score (nSPS) is 10.8. The maximum Gasteiger partial charge on any atom is 0.365 e. The molecule has 0 fully saturated rings. The number of aromatic amines is 1. The maximum atomic E-state index is 11.8. The number of nitrogens with zero attached hydrogens (tertiary/aromatic N) is 3. The molecule has 0 aliphatic heterocycles. The van der Waals surface area contributed by atoms with Gasteiger partial charge in [0.05, 0.1) is 5.69 Å². The molecule has 6 nitrogen and oxygen atoms in total. The number of halogens is 1. The molecule has 1 aromatic heterocycles. The predicted octanol–water partition coefficient (Wildman–Crippen LogP) is 3.17. The average Bonchev–Trinajstić information content (AvgIpc) is 3.00. The van der Waals surface area contributed by atoms with Gasteiger partial charge in [-0.05, 0) is 59.2 Å². The van der Waals surface area contributed by atoms with Crippen molar-refractivity contribution in [2.45, 2.75) is 26.9 Å². The van der Waals surface area contributed by atoms with Gasteiger partial charge in [0.2, 0.25) is 0 Å². The lowest BCUT2D eigenvalue weighted by molar-refractivity contribution is 0.304. The number of nitrogens with one attached hydrogen (secondary N) is 1. The molecule has 3 aromatic rings. The number of benzene rings is 2. The largest absolute Gasteiger partial charge is 0.489 e. The molecule has 0 radical (unpaired) electrons.